The first-order valence-corrected chi connectivity index (χ1v) is 7.10. The first kappa shape index (κ1) is 13.4. The monoisotopic (exact) mass is 241 g/mol. The second-order valence-corrected chi connectivity index (χ2v) is 5.41. The van der Waals surface area contributed by atoms with Crippen LogP contribution in [-0.4, -0.2) is 9.79 Å². The fourth-order valence-electron chi connectivity index (χ4n) is 1.68. The Bertz CT molecular complexity index is 370. The van der Waals surface area contributed by atoms with Crippen LogP contribution in [0.15, 0.2) is 24.3 Å². The summed E-state index contributed by atoms with van der Waals surface area (Å²) in [4.78, 5) is 18.3. The van der Waals surface area contributed by atoms with E-state index in [2.05, 4.69) is 6.92 Å². The standard InChI is InChI=1S/C12H18O3P/c1-2-3-4-5-8-11-9-6-7-10-12(11)16(13,14)15/h6-7,9-10H,1-5,8H2,(H2,13,14,15). The van der Waals surface area contributed by atoms with Gasteiger partial charge in [0, 0.05) is 0 Å². The molecule has 0 spiro atoms. The summed E-state index contributed by atoms with van der Waals surface area (Å²) in [6.07, 6.45) is 4.71. The Morgan fingerprint density at radius 3 is 2.44 bits per heavy atom. The first-order chi connectivity index (χ1) is 7.55. The van der Waals surface area contributed by atoms with E-state index < -0.39 is 7.60 Å². The second kappa shape index (κ2) is 6.19. The van der Waals surface area contributed by atoms with E-state index in [1.165, 1.54) is 6.07 Å². The molecule has 4 heteroatoms. The topological polar surface area (TPSA) is 57.5 Å². The lowest BCUT2D eigenvalue weighted by Crippen LogP contribution is -2.10. The predicted octanol–water partition coefficient (Wildman–Crippen LogP) is 2.43. The van der Waals surface area contributed by atoms with Gasteiger partial charge >= 0.3 is 7.60 Å². The minimum Gasteiger partial charge on any atom is -0.321 e. The second-order valence-electron chi connectivity index (χ2n) is 3.84. The Morgan fingerprint density at radius 1 is 1.12 bits per heavy atom. The van der Waals surface area contributed by atoms with Crippen molar-refractivity contribution in [2.24, 2.45) is 0 Å². The molecule has 0 unspecified atom stereocenters. The van der Waals surface area contributed by atoms with Crippen molar-refractivity contribution in [3.8, 4) is 0 Å². The van der Waals surface area contributed by atoms with Crippen LogP contribution in [0.25, 0.3) is 0 Å². The molecular weight excluding hydrogens is 223 g/mol. The van der Waals surface area contributed by atoms with Gasteiger partial charge in [-0.25, -0.2) is 0 Å². The number of hydrogen-bond donors (Lipinski definition) is 2. The lowest BCUT2D eigenvalue weighted by atomic mass is 10.1. The summed E-state index contributed by atoms with van der Waals surface area (Å²) >= 11 is 0. The van der Waals surface area contributed by atoms with E-state index in [-0.39, 0.29) is 5.30 Å². The Kier molecular flexibility index (Phi) is 5.20. The molecule has 3 nitrogen and oxygen atoms in total. The Morgan fingerprint density at radius 2 is 1.81 bits per heavy atom. The number of aryl methyl sites for hydroxylation is 1. The molecule has 1 aromatic rings. The van der Waals surface area contributed by atoms with Crippen LogP contribution in [0.5, 0.6) is 0 Å². The first-order valence-electron chi connectivity index (χ1n) is 5.49. The van der Waals surface area contributed by atoms with Gasteiger partial charge in [-0.2, -0.15) is 0 Å². The zero-order valence-corrected chi connectivity index (χ0v) is 10.2. The molecule has 0 aliphatic heterocycles. The lowest BCUT2D eigenvalue weighted by Gasteiger charge is -2.10. The molecule has 0 bridgehead atoms. The molecule has 1 radical (unpaired) electrons. The Labute approximate surface area is 96.7 Å². The highest BCUT2D eigenvalue weighted by Gasteiger charge is 2.20. The van der Waals surface area contributed by atoms with Gasteiger partial charge < -0.3 is 9.79 Å². The summed E-state index contributed by atoms with van der Waals surface area (Å²) in [5.74, 6) is 0. The fourth-order valence-corrected chi connectivity index (χ4v) is 2.52. The van der Waals surface area contributed by atoms with Gasteiger partial charge in [0.15, 0.2) is 0 Å². The number of rotatable bonds is 6. The maximum atomic E-state index is 11.2. The van der Waals surface area contributed by atoms with Gasteiger partial charge in [0.05, 0.1) is 5.30 Å². The van der Waals surface area contributed by atoms with Gasteiger partial charge in [-0.3, -0.25) is 4.57 Å². The van der Waals surface area contributed by atoms with E-state index in [0.717, 1.165) is 37.7 Å². The quantitative estimate of drug-likeness (QED) is 0.594. The molecule has 0 heterocycles. The van der Waals surface area contributed by atoms with Gasteiger partial charge in [0.2, 0.25) is 0 Å². The molecular formula is C12H18O3P. The van der Waals surface area contributed by atoms with Gasteiger partial charge in [-0.05, 0) is 24.5 Å². The Balaban J connectivity index is 2.69. The molecule has 0 saturated heterocycles. The van der Waals surface area contributed by atoms with Crippen molar-refractivity contribution in [1.29, 1.82) is 0 Å². The molecule has 2 N–H and O–H groups in total. The smallest absolute Gasteiger partial charge is 0.321 e. The van der Waals surface area contributed by atoms with Crippen LogP contribution >= 0.6 is 7.60 Å². The molecule has 0 aromatic heterocycles. The van der Waals surface area contributed by atoms with Crippen LogP contribution in [0.2, 0.25) is 0 Å². The highest BCUT2D eigenvalue weighted by Crippen LogP contribution is 2.34. The number of hydrogen-bond acceptors (Lipinski definition) is 1. The zero-order chi connectivity index (χ0) is 12.0. The van der Waals surface area contributed by atoms with E-state index in [1.54, 1.807) is 12.1 Å². The number of benzene rings is 1. The average molecular weight is 241 g/mol. The van der Waals surface area contributed by atoms with Gasteiger partial charge in [0.1, 0.15) is 0 Å². The molecule has 0 fully saturated rings. The maximum Gasteiger partial charge on any atom is 0.356 e. The van der Waals surface area contributed by atoms with Crippen LogP contribution in [0, 0.1) is 6.92 Å². The molecule has 89 valence electrons. The van der Waals surface area contributed by atoms with E-state index in [1.807, 2.05) is 6.07 Å². The van der Waals surface area contributed by atoms with E-state index in [4.69, 9.17) is 0 Å². The summed E-state index contributed by atoms with van der Waals surface area (Å²) < 4.78 is 11.2. The molecule has 0 amide bonds. The fraction of sp³-hybridized carbons (Fsp3) is 0.417. The van der Waals surface area contributed by atoms with Crippen LogP contribution in [0.4, 0.5) is 0 Å². The van der Waals surface area contributed by atoms with Crippen LogP contribution in [-0.2, 0) is 11.0 Å². The molecule has 1 rings (SSSR count). The summed E-state index contributed by atoms with van der Waals surface area (Å²) in [6.45, 7) is 3.76. The molecule has 0 aliphatic rings. The minimum absolute atomic E-state index is 0.171. The maximum absolute atomic E-state index is 11.2. The van der Waals surface area contributed by atoms with E-state index >= 15 is 0 Å². The highest BCUT2D eigenvalue weighted by molar-refractivity contribution is 7.60. The average Bonchev–Trinajstić information content (AvgIpc) is 2.24. The summed E-state index contributed by atoms with van der Waals surface area (Å²) in [6, 6.07) is 6.78. The van der Waals surface area contributed by atoms with E-state index in [9.17, 15) is 14.4 Å². The molecule has 0 saturated carbocycles. The van der Waals surface area contributed by atoms with Gasteiger partial charge in [-0.1, -0.05) is 44.4 Å². The van der Waals surface area contributed by atoms with Crippen molar-refractivity contribution in [2.45, 2.75) is 32.1 Å². The van der Waals surface area contributed by atoms with E-state index in [0.29, 0.717) is 0 Å². The van der Waals surface area contributed by atoms with Crippen molar-refractivity contribution in [3.05, 3.63) is 36.8 Å². The zero-order valence-electron chi connectivity index (χ0n) is 9.30. The molecule has 0 atom stereocenters. The van der Waals surface area contributed by atoms with Crippen LogP contribution in [0.1, 0.15) is 31.2 Å². The lowest BCUT2D eigenvalue weighted by molar-refractivity contribution is 0.387. The van der Waals surface area contributed by atoms with Gasteiger partial charge in [0.25, 0.3) is 0 Å². The van der Waals surface area contributed by atoms with Crippen molar-refractivity contribution < 1.29 is 14.4 Å². The van der Waals surface area contributed by atoms with Crippen molar-refractivity contribution in [2.75, 3.05) is 0 Å². The third-order valence-electron chi connectivity index (χ3n) is 2.50. The SMILES string of the molecule is [CH2]CCCCCc1ccccc1P(=O)(O)O. The third-order valence-corrected chi connectivity index (χ3v) is 3.57. The molecule has 16 heavy (non-hydrogen) atoms. The largest absolute Gasteiger partial charge is 0.356 e. The molecule has 1 aromatic carbocycles. The van der Waals surface area contributed by atoms with Crippen molar-refractivity contribution >= 4 is 12.9 Å². The van der Waals surface area contributed by atoms with Gasteiger partial charge in [-0.15, -0.1) is 0 Å². The summed E-state index contributed by atoms with van der Waals surface area (Å²) in [5.41, 5.74) is 0.764. The summed E-state index contributed by atoms with van der Waals surface area (Å²) in [7, 11) is -4.12. The third kappa shape index (κ3) is 4.09. The predicted molar refractivity (Wildman–Crippen MR) is 65.6 cm³/mol. The summed E-state index contributed by atoms with van der Waals surface area (Å²) in [5, 5.41) is 0.171. The minimum atomic E-state index is -4.12. The van der Waals surface area contributed by atoms with Crippen LogP contribution < -0.4 is 5.30 Å². The van der Waals surface area contributed by atoms with Crippen molar-refractivity contribution in [3.63, 3.8) is 0 Å². The normalized spacial score (nSPS) is 11.7. The highest BCUT2D eigenvalue weighted by atomic mass is 31.2. The van der Waals surface area contributed by atoms with Crippen molar-refractivity contribution in [1.82, 2.24) is 0 Å². The molecule has 0 aliphatic carbocycles. The Hall–Kier alpha value is -0.630. The van der Waals surface area contributed by atoms with Crippen LogP contribution in [0.3, 0.4) is 0 Å². The number of unbranched alkanes of at least 4 members (excludes halogenated alkanes) is 3.